The molecule has 1 saturated heterocycles. The molecule has 2 heterocycles. The zero-order chi connectivity index (χ0) is 12.4. The lowest BCUT2D eigenvalue weighted by molar-refractivity contribution is 0.137. The zero-order valence-electron chi connectivity index (χ0n) is 10.1. The Kier molecular flexibility index (Phi) is 4.58. The maximum Gasteiger partial charge on any atom is 0.0686 e. The number of hydrogen-bond donors (Lipinski definition) is 1. The maximum absolute atomic E-state index is 4.48. The molecule has 0 spiro atoms. The molecule has 1 N–H and O–H groups in total. The third-order valence-electron chi connectivity index (χ3n) is 3.13. The van der Waals surface area contributed by atoms with E-state index in [1.54, 1.807) is 0 Å². The van der Waals surface area contributed by atoms with Crippen molar-refractivity contribution >= 4 is 31.9 Å². The number of hydrogen-bond acceptors (Lipinski definition) is 3. The Labute approximate surface area is 119 Å². The van der Waals surface area contributed by atoms with Crippen LogP contribution in [0.2, 0.25) is 0 Å². The molecule has 5 heteroatoms. The summed E-state index contributed by atoms with van der Waals surface area (Å²) in [5.74, 6) is 0. The molecule has 0 saturated carbocycles. The lowest BCUT2D eigenvalue weighted by Gasteiger charge is -2.37. The number of halogens is 2. The molecular weight excluding hydrogens is 346 g/mol. The van der Waals surface area contributed by atoms with Gasteiger partial charge in [0, 0.05) is 46.9 Å². The van der Waals surface area contributed by atoms with Crippen molar-refractivity contribution in [1.29, 1.82) is 0 Å². The Hall–Kier alpha value is 0.0300. The van der Waals surface area contributed by atoms with Crippen LogP contribution in [0, 0.1) is 0 Å². The highest BCUT2D eigenvalue weighted by Gasteiger charge is 2.23. The van der Waals surface area contributed by atoms with E-state index >= 15 is 0 Å². The van der Waals surface area contributed by atoms with Crippen LogP contribution >= 0.6 is 31.9 Å². The summed E-state index contributed by atoms with van der Waals surface area (Å²) in [5, 5.41) is 3.49. The fourth-order valence-corrected chi connectivity index (χ4v) is 3.18. The number of aromatic nitrogens is 1. The van der Waals surface area contributed by atoms with Crippen molar-refractivity contribution in [2.75, 3.05) is 13.1 Å². The minimum atomic E-state index is 0.556. The largest absolute Gasteiger partial charge is 0.311 e. The van der Waals surface area contributed by atoms with Crippen molar-refractivity contribution in [2.45, 2.75) is 32.5 Å². The molecular formula is C12H17Br2N3. The lowest BCUT2D eigenvalue weighted by Crippen LogP contribution is -2.53. The van der Waals surface area contributed by atoms with Gasteiger partial charge in [-0.25, -0.2) is 0 Å². The standard InChI is InChI=1S/C12H17Br2N3/c1-8-6-17(9(2)4-15-8)7-12-11(14)3-10(13)5-16-12/h3,5,8-9,15H,4,6-7H2,1-2H3. The highest BCUT2D eigenvalue weighted by molar-refractivity contribution is 9.11. The molecule has 2 atom stereocenters. The van der Waals surface area contributed by atoms with E-state index in [2.05, 4.69) is 67.0 Å². The highest BCUT2D eigenvalue weighted by atomic mass is 79.9. The van der Waals surface area contributed by atoms with Crippen molar-refractivity contribution in [3.63, 3.8) is 0 Å². The van der Waals surface area contributed by atoms with Crippen molar-refractivity contribution in [3.8, 4) is 0 Å². The first-order valence-electron chi connectivity index (χ1n) is 5.83. The van der Waals surface area contributed by atoms with Crippen LogP contribution in [-0.2, 0) is 6.54 Å². The fourth-order valence-electron chi connectivity index (χ4n) is 2.07. The van der Waals surface area contributed by atoms with Crippen molar-refractivity contribution in [1.82, 2.24) is 15.2 Å². The number of pyridine rings is 1. The molecule has 0 aliphatic carbocycles. The Morgan fingerprint density at radius 2 is 2.24 bits per heavy atom. The predicted molar refractivity (Wildman–Crippen MR) is 77.0 cm³/mol. The van der Waals surface area contributed by atoms with Gasteiger partial charge in [0.1, 0.15) is 0 Å². The van der Waals surface area contributed by atoms with Gasteiger partial charge in [0.25, 0.3) is 0 Å². The van der Waals surface area contributed by atoms with E-state index in [-0.39, 0.29) is 0 Å². The van der Waals surface area contributed by atoms with Crippen molar-refractivity contribution < 1.29 is 0 Å². The molecule has 1 fully saturated rings. The van der Waals surface area contributed by atoms with E-state index in [9.17, 15) is 0 Å². The van der Waals surface area contributed by atoms with Gasteiger partial charge in [-0.1, -0.05) is 0 Å². The van der Waals surface area contributed by atoms with E-state index in [1.807, 2.05) is 6.20 Å². The number of nitrogens with one attached hydrogen (secondary N) is 1. The van der Waals surface area contributed by atoms with Crippen molar-refractivity contribution in [3.05, 3.63) is 26.9 Å². The Morgan fingerprint density at radius 1 is 1.47 bits per heavy atom. The average Bonchev–Trinajstić information content (AvgIpc) is 2.27. The van der Waals surface area contributed by atoms with E-state index in [0.29, 0.717) is 12.1 Å². The van der Waals surface area contributed by atoms with Gasteiger partial charge >= 0.3 is 0 Å². The van der Waals surface area contributed by atoms with Crippen LogP contribution in [0.4, 0.5) is 0 Å². The quantitative estimate of drug-likeness (QED) is 0.876. The molecule has 0 aromatic carbocycles. The number of nitrogens with zero attached hydrogens (tertiary/aromatic N) is 2. The van der Waals surface area contributed by atoms with Crippen LogP contribution < -0.4 is 5.32 Å². The molecule has 3 nitrogen and oxygen atoms in total. The molecule has 0 radical (unpaired) electrons. The molecule has 0 amide bonds. The lowest BCUT2D eigenvalue weighted by atomic mass is 10.1. The smallest absolute Gasteiger partial charge is 0.0686 e. The third kappa shape index (κ3) is 3.50. The molecule has 1 aromatic heterocycles. The molecule has 94 valence electrons. The van der Waals surface area contributed by atoms with E-state index in [4.69, 9.17) is 0 Å². The van der Waals surface area contributed by atoms with Gasteiger partial charge in [-0.05, 0) is 51.8 Å². The molecule has 17 heavy (non-hydrogen) atoms. The van der Waals surface area contributed by atoms with Crippen LogP contribution in [-0.4, -0.2) is 35.1 Å². The second-order valence-electron chi connectivity index (χ2n) is 4.67. The fraction of sp³-hybridized carbons (Fsp3) is 0.583. The number of rotatable bonds is 2. The van der Waals surface area contributed by atoms with E-state index in [0.717, 1.165) is 34.3 Å². The van der Waals surface area contributed by atoms with Gasteiger partial charge in [-0.3, -0.25) is 9.88 Å². The number of piperazine rings is 1. The van der Waals surface area contributed by atoms with Gasteiger partial charge < -0.3 is 5.32 Å². The molecule has 2 rings (SSSR count). The van der Waals surface area contributed by atoms with Crippen LogP contribution in [0.3, 0.4) is 0 Å². The van der Waals surface area contributed by atoms with Gasteiger partial charge in [-0.2, -0.15) is 0 Å². The summed E-state index contributed by atoms with van der Waals surface area (Å²) in [6, 6.07) is 3.17. The summed E-state index contributed by atoms with van der Waals surface area (Å²) < 4.78 is 2.08. The Balaban J connectivity index is 2.08. The summed E-state index contributed by atoms with van der Waals surface area (Å²) in [4.78, 5) is 6.95. The van der Waals surface area contributed by atoms with Gasteiger partial charge in [0.15, 0.2) is 0 Å². The summed E-state index contributed by atoms with van der Waals surface area (Å²) in [5.41, 5.74) is 1.11. The van der Waals surface area contributed by atoms with Crippen LogP contribution in [0.15, 0.2) is 21.2 Å². The van der Waals surface area contributed by atoms with Crippen LogP contribution in [0.5, 0.6) is 0 Å². The summed E-state index contributed by atoms with van der Waals surface area (Å²) in [6.45, 7) is 7.51. The second kappa shape index (κ2) is 5.78. The first-order valence-corrected chi connectivity index (χ1v) is 7.42. The SMILES string of the molecule is CC1CN(Cc2ncc(Br)cc2Br)C(C)CN1. The normalized spacial score (nSPS) is 26.1. The van der Waals surface area contributed by atoms with Gasteiger partial charge in [0.05, 0.1) is 5.69 Å². The summed E-state index contributed by atoms with van der Waals surface area (Å²) in [7, 11) is 0. The zero-order valence-corrected chi connectivity index (χ0v) is 13.3. The van der Waals surface area contributed by atoms with Crippen molar-refractivity contribution in [2.24, 2.45) is 0 Å². The summed E-state index contributed by atoms with van der Waals surface area (Å²) >= 11 is 7.00. The second-order valence-corrected chi connectivity index (χ2v) is 6.44. The monoisotopic (exact) mass is 361 g/mol. The average molecular weight is 363 g/mol. The van der Waals surface area contributed by atoms with Gasteiger partial charge in [-0.15, -0.1) is 0 Å². The van der Waals surface area contributed by atoms with Gasteiger partial charge in [0.2, 0.25) is 0 Å². The Bertz CT molecular complexity index is 397. The van der Waals surface area contributed by atoms with Crippen LogP contribution in [0.1, 0.15) is 19.5 Å². The molecule has 1 aromatic rings. The highest BCUT2D eigenvalue weighted by Crippen LogP contribution is 2.22. The third-order valence-corrected chi connectivity index (χ3v) is 4.25. The molecule has 1 aliphatic heterocycles. The van der Waals surface area contributed by atoms with E-state index < -0.39 is 0 Å². The predicted octanol–water partition coefficient (Wildman–Crippen LogP) is 2.79. The molecule has 2 unspecified atom stereocenters. The molecule has 1 aliphatic rings. The molecule has 0 bridgehead atoms. The van der Waals surface area contributed by atoms with E-state index in [1.165, 1.54) is 0 Å². The minimum absolute atomic E-state index is 0.556. The maximum atomic E-state index is 4.48. The first-order chi connectivity index (χ1) is 8.06. The van der Waals surface area contributed by atoms with Crippen LogP contribution in [0.25, 0.3) is 0 Å². The Morgan fingerprint density at radius 3 is 2.94 bits per heavy atom. The topological polar surface area (TPSA) is 28.2 Å². The summed E-state index contributed by atoms with van der Waals surface area (Å²) in [6.07, 6.45) is 1.86. The first kappa shape index (κ1) is 13.5. The minimum Gasteiger partial charge on any atom is -0.311 e.